The van der Waals surface area contributed by atoms with E-state index in [2.05, 4.69) is 26.3 Å². The van der Waals surface area contributed by atoms with E-state index in [0.717, 1.165) is 27.1 Å². The van der Waals surface area contributed by atoms with Crippen LogP contribution in [-0.2, 0) is 9.53 Å². The lowest BCUT2D eigenvalue weighted by atomic mass is 10.2. The minimum Gasteiger partial charge on any atom is -0.452 e. The molecule has 0 aliphatic carbocycles. The summed E-state index contributed by atoms with van der Waals surface area (Å²) in [6.45, 7) is 5.42. The summed E-state index contributed by atoms with van der Waals surface area (Å²) in [6.07, 6.45) is 0. The molecule has 0 spiro atoms. The van der Waals surface area contributed by atoms with Crippen molar-refractivity contribution in [1.82, 2.24) is 9.78 Å². The summed E-state index contributed by atoms with van der Waals surface area (Å²) in [4.78, 5) is 24.3. The molecule has 3 rings (SSSR count). The van der Waals surface area contributed by atoms with Gasteiger partial charge in [0.2, 0.25) is 0 Å². The smallest absolute Gasteiger partial charge is 0.338 e. The lowest BCUT2D eigenvalue weighted by Crippen LogP contribution is -2.21. The molecule has 6 nitrogen and oxygen atoms in total. The molecule has 3 aromatic rings. The fourth-order valence-corrected chi connectivity index (χ4v) is 3.27. The molecule has 7 heteroatoms. The average molecular weight is 442 g/mol. The number of halogens is 1. The average Bonchev–Trinajstić information content (AvgIpc) is 3.00. The summed E-state index contributed by atoms with van der Waals surface area (Å²) in [6, 6.07) is 14.4. The van der Waals surface area contributed by atoms with Crippen molar-refractivity contribution in [2.45, 2.75) is 20.8 Å². The van der Waals surface area contributed by atoms with Crippen molar-refractivity contribution in [3.05, 3.63) is 75.5 Å². The Balaban J connectivity index is 1.58. The van der Waals surface area contributed by atoms with E-state index in [1.165, 1.54) is 0 Å². The normalized spacial score (nSPS) is 10.6. The number of aromatic nitrogens is 2. The van der Waals surface area contributed by atoms with Crippen LogP contribution in [0.5, 0.6) is 0 Å². The molecule has 0 atom stereocenters. The summed E-state index contributed by atoms with van der Waals surface area (Å²) in [5, 5.41) is 7.15. The first-order chi connectivity index (χ1) is 13.3. The van der Waals surface area contributed by atoms with E-state index in [4.69, 9.17) is 4.74 Å². The number of aryl methyl sites for hydroxylation is 3. The summed E-state index contributed by atoms with van der Waals surface area (Å²) in [7, 11) is 0. The maximum absolute atomic E-state index is 12.2. The van der Waals surface area contributed by atoms with Gasteiger partial charge >= 0.3 is 5.97 Å². The van der Waals surface area contributed by atoms with Gasteiger partial charge in [0.05, 0.1) is 16.9 Å². The summed E-state index contributed by atoms with van der Waals surface area (Å²) < 4.78 is 7.85. The van der Waals surface area contributed by atoms with Crippen LogP contribution in [0.3, 0.4) is 0 Å². The number of nitrogens with zero attached hydrogens (tertiary/aromatic N) is 2. The second-order valence-corrected chi connectivity index (χ2v) is 7.39. The lowest BCUT2D eigenvalue weighted by Gasteiger charge is -2.10. The van der Waals surface area contributed by atoms with Crippen LogP contribution in [-0.4, -0.2) is 28.3 Å². The molecule has 1 aromatic heterocycles. The molecule has 0 saturated heterocycles. The summed E-state index contributed by atoms with van der Waals surface area (Å²) >= 11 is 3.38. The highest BCUT2D eigenvalue weighted by atomic mass is 79.9. The molecule has 0 fully saturated rings. The quantitative estimate of drug-likeness (QED) is 0.597. The second kappa shape index (κ2) is 8.39. The predicted molar refractivity (Wildman–Crippen MR) is 111 cm³/mol. The largest absolute Gasteiger partial charge is 0.452 e. The minimum absolute atomic E-state index is 0.354. The maximum Gasteiger partial charge on any atom is 0.338 e. The van der Waals surface area contributed by atoms with E-state index in [0.29, 0.717) is 11.3 Å². The highest BCUT2D eigenvalue weighted by Crippen LogP contribution is 2.20. The molecule has 0 aliphatic heterocycles. The topological polar surface area (TPSA) is 73.2 Å². The van der Waals surface area contributed by atoms with E-state index in [9.17, 15) is 9.59 Å². The van der Waals surface area contributed by atoms with Gasteiger partial charge in [0.1, 0.15) is 0 Å². The highest BCUT2D eigenvalue weighted by Gasteiger charge is 2.12. The van der Waals surface area contributed by atoms with Gasteiger partial charge in [-0.3, -0.25) is 4.79 Å². The van der Waals surface area contributed by atoms with Crippen LogP contribution in [0.1, 0.15) is 27.3 Å². The van der Waals surface area contributed by atoms with Gasteiger partial charge in [-0.05, 0) is 74.9 Å². The van der Waals surface area contributed by atoms with Gasteiger partial charge in [0, 0.05) is 15.9 Å². The first-order valence-corrected chi connectivity index (χ1v) is 9.49. The summed E-state index contributed by atoms with van der Waals surface area (Å²) in [5.74, 6) is -0.944. The highest BCUT2D eigenvalue weighted by molar-refractivity contribution is 9.10. The number of ether oxygens (including phenoxy) is 1. The fraction of sp³-hybridized carbons (Fsp3) is 0.190. The Bertz CT molecular complexity index is 1030. The van der Waals surface area contributed by atoms with Crippen molar-refractivity contribution in [2.24, 2.45) is 0 Å². The molecule has 144 valence electrons. The van der Waals surface area contributed by atoms with Crippen molar-refractivity contribution in [3.63, 3.8) is 0 Å². The van der Waals surface area contributed by atoms with Crippen LogP contribution in [0.15, 0.2) is 53.0 Å². The Morgan fingerprint density at radius 1 is 1.07 bits per heavy atom. The van der Waals surface area contributed by atoms with Crippen molar-refractivity contribution in [1.29, 1.82) is 0 Å². The number of nitrogens with one attached hydrogen (secondary N) is 1. The number of amides is 1. The molecule has 28 heavy (non-hydrogen) atoms. The van der Waals surface area contributed by atoms with Gasteiger partial charge < -0.3 is 10.1 Å². The molecular formula is C21H20BrN3O3. The molecule has 0 saturated carbocycles. The Labute approximate surface area is 171 Å². The van der Waals surface area contributed by atoms with Crippen molar-refractivity contribution >= 4 is 33.5 Å². The number of benzene rings is 2. The zero-order chi connectivity index (χ0) is 20.3. The molecule has 0 unspecified atom stereocenters. The number of hydrogen-bond acceptors (Lipinski definition) is 4. The SMILES string of the molecule is Cc1cc(C)n(-c2ccc(C(=O)OCC(=O)Nc3ccc(Br)cc3C)cc2)n1. The Morgan fingerprint density at radius 2 is 1.79 bits per heavy atom. The third-order valence-electron chi connectivity index (χ3n) is 4.15. The fourth-order valence-electron chi connectivity index (χ4n) is 2.80. The van der Waals surface area contributed by atoms with E-state index < -0.39 is 11.9 Å². The van der Waals surface area contributed by atoms with Crippen molar-refractivity contribution in [3.8, 4) is 5.69 Å². The monoisotopic (exact) mass is 441 g/mol. The number of esters is 1. The molecule has 0 radical (unpaired) electrons. The second-order valence-electron chi connectivity index (χ2n) is 6.47. The van der Waals surface area contributed by atoms with Crippen LogP contribution in [0, 0.1) is 20.8 Å². The van der Waals surface area contributed by atoms with Gasteiger partial charge in [-0.1, -0.05) is 15.9 Å². The zero-order valence-electron chi connectivity index (χ0n) is 15.8. The first kappa shape index (κ1) is 19.8. The molecule has 0 aliphatic rings. The number of rotatable bonds is 5. The van der Waals surface area contributed by atoms with Crippen LogP contribution >= 0.6 is 15.9 Å². The third kappa shape index (κ3) is 4.67. The van der Waals surface area contributed by atoms with Crippen LogP contribution in [0.4, 0.5) is 5.69 Å². The summed E-state index contributed by atoms with van der Waals surface area (Å²) in [5.41, 5.74) is 4.75. The predicted octanol–water partition coefficient (Wildman–Crippen LogP) is 4.36. The maximum atomic E-state index is 12.2. The van der Waals surface area contributed by atoms with Crippen LogP contribution in [0.25, 0.3) is 5.69 Å². The zero-order valence-corrected chi connectivity index (χ0v) is 17.4. The Kier molecular flexibility index (Phi) is 5.94. The molecule has 1 N–H and O–H groups in total. The molecule has 0 bridgehead atoms. The number of carbonyl (C=O) groups is 2. The number of anilines is 1. The molecular weight excluding hydrogens is 422 g/mol. The molecule has 2 aromatic carbocycles. The van der Waals surface area contributed by atoms with Crippen molar-refractivity contribution in [2.75, 3.05) is 11.9 Å². The lowest BCUT2D eigenvalue weighted by molar-refractivity contribution is -0.119. The van der Waals surface area contributed by atoms with E-state index in [-0.39, 0.29) is 6.61 Å². The van der Waals surface area contributed by atoms with Crippen LogP contribution < -0.4 is 5.32 Å². The van der Waals surface area contributed by atoms with Gasteiger partial charge in [-0.25, -0.2) is 9.48 Å². The molecule has 1 amide bonds. The Morgan fingerprint density at radius 3 is 2.39 bits per heavy atom. The van der Waals surface area contributed by atoms with Gasteiger partial charge in [0.15, 0.2) is 6.61 Å². The minimum atomic E-state index is -0.553. The van der Waals surface area contributed by atoms with Gasteiger partial charge in [0.25, 0.3) is 5.91 Å². The number of carbonyl (C=O) groups excluding carboxylic acids is 2. The van der Waals surface area contributed by atoms with E-state index in [1.807, 2.05) is 39.0 Å². The third-order valence-corrected chi connectivity index (χ3v) is 4.65. The van der Waals surface area contributed by atoms with Gasteiger partial charge in [-0.15, -0.1) is 0 Å². The van der Waals surface area contributed by atoms with E-state index in [1.54, 1.807) is 35.0 Å². The molecule has 1 heterocycles. The standard InChI is InChI=1S/C21H20BrN3O3/c1-13-10-17(22)6-9-19(13)23-20(26)12-28-21(27)16-4-7-18(8-5-16)25-15(3)11-14(2)24-25/h4-11H,12H2,1-3H3,(H,23,26). The van der Waals surface area contributed by atoms with E-state index >= 15 is 0 Å². The Hall–Kier alpha value is -2.93. The first-order valence-electron chi connectivity index (χ1n) is 8.70. The van der Waals surface area contributed by atoms with Gasteiger partial charge in [-0.2, -0.15) is 5.10 Å². The number of hydrogen-bond donors (Lipinski definition) is 1. The van der Waals surface area contributed by atoms with Crippen LogP contribution in [0.2, 0.25) is 0 Å². The van der Waals surface area contributed by atoms with Crippen molar-refractivity contribution < 1.29 is 14.3 Å².